The zero-order valence-electron chi connectivity index (χ0n) is 11.7. The second kappa shape index (κ2) is 7.16. The molecule has 2 nitrogen and oxygen atoms in total. The van der Waals surface area contributed by atoms with Crippen LogP contribution >= 0.6 is 22.9 Å². The van der Waals surface area contributed by atoms with Gasteiger partial charge < -0.3 is 0 Å². The molecule has 0 aliphatic heterocycles. The average Bonchev–Trinajstić information content (AvgIpc) is 2.95. The zero-order valence-corrected chi connectivity index (χ0v) is 13.3. The van der Waals surface area contributed by atoms with Gasteiger partial charge in [-0.3, -0.25) is 4.90 Å². The van der Waals surface area contributed by atoms with Gasteiger partial charge in [0, 0.05) is 23.1 Å². The summed E-state index contributed by atoms with van der Waals surface area (Å²) in [4.78, 5) is 6.56. The van der Waals surface area contributed by atoms with E-state index < -0.39 is 0 Å². The molecule has 2 aromatic rings. The molecule has 1 aromatic carbocycles. The minimum Gasteiger partial charge on any atom is -0.300 e. The number of nitrogens with zero attached hydrogens (tertiary/aromatic N) is 2. The Labute approximate surface area is 128 Å². The number of thiazole rings is 1. The van der Waals surface area contributed by atoms with Crippen LogP contribution in [0, 0.1) is 5.82 Å². The van der Waals surface area contributed by atoms with E-state index in [-0.39, 0.29) is 5.82 Å². The summed E-state index contributed by atoms with van der Waals surface area (Å²) in [7, 11) is 0. The van der Waals surface area contributed by atoms with Crippen LogP contribution in [0.15, 0.2) is 23.6 Å². The van der Waals surface area contributed by atoms with Crippen LogP contribution in [0.25, 0.3) is 10.6 Å². The Morgan fingerprint density at radius 2 is 2.05 bits per heavy atom. The normalized spacial score (nSPS) is 11.2. The second-order valence-corrected chi connectivity index (χ2v) is 5.67. The van der Waals surface area contributed by atoms with Crippen molar-refractivity contribution in [3.63, 3.8) is 0 Å². The van der Waals surface area contributed by atoms with Crippen molar-refractivity contribution >= 4 is 22.9 Å². The Kier molecular flexibility index (Phi) is 5.52. The number of hydrogen-bond donors (Lipinski definition) is 0. The Bertz CT molecular complexity index is 567. The van der Waals surface area contributed by atoms with Gasteiger partial charge in [0.2, 0.25) is 0 Å². The van der Waals surface area contributed by atoms with Gasteiger partial charge in [0.25, 0.3) is 0 Å². The Balaban J connectivity index is 2.20. The molecule has 1 heterocycles. The number of aromatic nitrogens is 1. The van der Waals surface area contributed by atoms with Crippen molar-refractivity contribution in [1.82, 2.24) is 9.88 Å². The highest BCUT2D eigenvalue weighted by molar-refractivity contribution is 7.13. The molecule has 0 aliphatic rings. The second-order valence-electron chi connectivity index (χ2n) is 4.55. The fourth-order valence-corrected chi connectivity index (χ4v) is 3.04. The van der Waals surface area contributed by atoms with E-state index in [1.807, 2.05) is 17.5 Å². The number of halogens is 2. The summed E-state index contributed by atoms with van der Waals surface area (Å²) < 4.78 is 14.2. The highest BCUT2D eigenvalue weighted by Gasteiger charge is 2.10. The number of hydrogen-bond acceptors (Lipinski definition) is 3. The molecule has 0 atom stereocenters. The Morgan fingerprint density at radius 3 is 2.60 bits per heavy atom. The van der Waals surface area contributed by atoms with E-state index in [0.717, 1.165) is 34.9 Å². The largest absolute Gasteiger partial charge is 0.300 e. The van der Waals surface area contributed by atoms with Gasteiger partial charge >= 0.3 is 0 Å². The average molecular weight is 313 g/mol. The molecule has 0 amide bonds. The molecule has 0 aliphatic carbocycles. The first-order valence-electron chi connectivity index (χ1n) is 6.69. The van der Waals surface area contributed by atoms with Crippen molar-refractivity contribution in [2.75, 3.05) is 13.1 Å². The van der Waals surface area contributed by atoms with Gasteiger partial charge in [-0.25, -0.2) is 9.37 Å². The third-order valence-corrected chi connectivity index (χ3v) is 4.49. The van der Waals surface area contributed by atoms with Gasteiger partial charge in [0.1, 0.15) is 10.8 Å². The molecule has 0 bridgehead atoms. The third kappa shape index (κ3) is 3.57. The van der Waals surface area contributed by atoms with E-state index in [1.54, 1.807) is 6.07 Å². The molecular weight excluding hydrogens is 295 g/mol. The van der Waals surface area contributed by atoms with Crippen LogP contribution in [-0.4, -0.2) is 23.0 Å². The Morgan fingerprint density at radius 1 is 1.30 bits per heavy atom. The lowest BCUT2D eigenvalue weighted by atomic mass is 10.1. The number of rotatable bonds is 6. The molecule has 0 spiro atoms. The fraction of sp³-hybridized carbons (Fsp3) is 0.400. The van der Waals surface area contributed by atoms with Crippen LogP contribution < -0.4 is 0 Å². The van der Waals surface area contributed by atoms with Crippen LogP contribution in [0.3, 0.4) is 0 Å². The van der Waals surface area contributed by atoms with Crippen molar-refractivity contribution in [2.24, 2.45) is 0 Å². The topological polar surface area (TPSA) is 16.1 Å². The summed E-state index contributed by atoms with van der Waals surface area (Å²) in [6.07, 6.45) is 0. The van der Waals surface area contributed by atoms with Gasteiger partial charge in [0.15, 0.2) is 0 Å². The summed E-state index contributed by atoms with van der Waals surface area (Å²) >= 11 is 7.23. The molecule has 0 N–H and O–H groups in total. The summed E-state index contributed by atoms with van der Waals surface area (Å²) in [5.74, 6) is 0.218. The van der Waals surface area contributed by atoms with Gasteiger partial charge in [0.05, 0.1) is 11.6 Å². The maximum absolute atomic E-state index is 14.2. The summed E-state index contributed by atoms with van der Waals surface area (Å²) in [6, 6.07) is 5.35. The minimum atomic E-state index is -0.169. The molecule has 0 unspecified atom stereocenters. The molecule has 20 heavy (non-hydrogen) atoms. The molecule has 1 aromatic heterocycles. The monoisotopic (exact) mass is 312 g/mol. The molecule has 0 saturated heterocycles. The minimum absolute atomic E-state index is 0.169. The van der Waals surface area contributed by atoms with Crippen molar-refractivity contribution in [3.8, 4) is 10.6 Å². The van der Waals surface area contributed by atoms with Gasteiger partial charge in [-0.15, -0.1) is 22.9 Å². The lowest BCUT2D eigenvalue weighted by Gasteiger charge is -2.18. The predicted molar refractivity (Wildman–Crippen MR) is 83.7 cm³/mol. The first kappa shape index (κ1) is 15.4. The van der Waals surface area contributed by atoms with Crippen LogP contribution in [-0.2, 0) is 12.4 Å². The van der Waals surface area contributed by atoms with E-state index in [4.69, 9.17) is 11.6 Å². The van der Waals surface area contributed by atoms with Gasteiger partial charge in [-0.05, 0) is 19.2 Å². The third-order valence-electron chi connectivity index (χ3n) is 3.28. The molecule has 0 radical (unpaired) electrons. The first-order valence-corrected chi connectivity index (χ1v) is 8.10. The molecule has 108 valence electrons. The molecular formula is C15H18ClFN2S. The number of benzene rings is 1. The molecule has 0 fully saturated rings. The zero-order chi connectivity index (χ0) is 14.5. The lowest BCUT2D eigenvalue weighted by molar-refractivity contribution is 0.291. The lowest BCUT2D eigenvalue weighted by Crippen LogP contribution is -2.22. The number of alkyl halides is 1. The van der Waals surface area contributed by atoms with Gasteiger partial charge in [-0.2, -0.15) is 0 Å². The molecule has 5 heteroatoms. The highest BCUT2D eigenvalue weighted by Crippen LogP contribution is 2.26. The maximum Gasteiger partial charge on any atom is 0.128 e. The van der Waals surface area contributed by atoms with E-state index in [9.17, 15) is 4.39 Å². The summed E-state index contributed by atoms with van der Waals surface area (Å²) in [5.41, 5.74) is 2.37. The van der Waals surface area contributed by atoms with Crippen molar-refractivity contribution < 1.29 is 4.39 Å². The smallest absolute Gasteiger partial charge is 0.128 e. The molecule has 2 rings (SSSR count). The predicted octanol–water partition coefficient (Wildman–Crippen LogP) is 4.53. The fourth-order valence-electron chi connectivity index (χ4n) is 2.00. The summed E-state index contributed by atoms with van der Waals surface area (Å²) in [6.45, 7) is 6.65. The standard InChI is InChI=1S/C15H18ClFN2S/c1-3-19(4-2)9-12-6-5-11(7-14(12)17)15-18-13(8-16)10-20-15/h5-7,10H,3-4,8-9H2,1-2H3. The highest BCUT2D eigenvalue weighted by atomic mass is 35.5. The molecule has 0 saturated carbocycles. The van der Waals surface area contributed by atoms with Crippen LogP contribution in [0.5, 0.6) is 0 Å². The first-order chi connectivity index (χ1) is 9.67. The van der Waals surface area contributed by atoms with Crippen LogP contribution in [0.2, 0.25) is 0 Å². The van der Waals surface area contributed by atoms with E-state index in [1.165, 1.54) is 11.3 Å². The van der Waals surface area contributed by atoms with Crippen molar-refractivity contribution in [1.29, 1.82) is 0 Å². The quantitative estimate of drug-likeness (QED) is 0.729. The van der Waals surface area contributed by atoms with Crippen LogP contribution in [0.4, 0.5) is 4.39 Å². The van der Waals surface area contributed by atoms with Crippen molar-refractivity contribution in [3.05, 3.63) is 40.7 Å². The van der Waals surface area contributed by atoms with E-state index in [2.05, 4.69) is 23.7 Å². The van der Waals surface area contributed by atoms with E-state index in [0.29, 0.717) is 12.4 Å². The maximum atomic E-state index is 14.2. The Hall–Kier alpha value is -0.970. The SMILES string of the molecule is CCN(CC)Cc1ccc(-c2nc(CCl)cs2)cc1F. The van der Waals surface area contributed by atoms with Gasteiger partial charge in [-0.1, -0.05) is 26.0 Å². The van der Waals surface area contributed by atoms with E-state index >= 15 is 0 Å². The van der Waals surface area contributed by atoms with Crippen LogP contribution in [0.1, 0.15) is 25.1 Å². The summed E-state index contributed by atoms with van der Waals surface area (Å²) in [5, 5.41) is 2.72. The van der Waals surface area contributed by atoms with Crippen molar-refractivity contribution in [2.45, 2.75) is 26.3 Å².